The minimum atomic E-state index is -0.304. The number of carbonyl (C=O) groups excluding carboxylic acids is 1. The smallest absolute Gasteiger partial charge is 0.273 e. The number of nitrogens with one attached hydrogen (secondary N) is 1. The van der Waals surface area contributed by atoms with Gasteiger partial charge in [-0.15, -0.1) is 0 Å². The van der Waals surface area contributed by atoms with Crippen molar-refractivity contribution in [3.05, 3.63) is 75.9 Å². The van der Waals surface area contributed by atoms with Crippen molar-refractivity contribution in [1.82, 2.24) is 10.5 Å². The fraction of sp³-hybridized carbons (Fsp3) is 0.111. The molecule has 0 bridgehead atoms. The third-order valence-electron chi connectivity index (χ3n) is 3.59. The van der Waals surface area contributed by atoms with Gasteiger partial charge < -0.3 is 9.84 Å². The molecule has 0 radical (unpaired) electrons. The van der Waals surface area contributed by atoms with Crippen LogP contribution >= 0.6 is 23.2 Å². The summed E-state index contributed by atoms with van der Waals surface area (Å²) in [5.41, 5.74) is 1.98. The van der Waals surface area contributed by atoms with Crippen molar-refractivity contribution in [2.24, 2.45) is 0 Å². The largest absolute Gasteiger partial charge is 0.355 e. The zero-order chi connectivity index (χ0) is 17.1. The Hall–Kier alpha value is -2.30. The average Bonchev–Trinajstić information content (AvgIpc) is 3.06. The minimum Gasteiger partial charge on any atom is -0.355 e. The maximum absolute atomic E-state index is 12.3. The third-order valence-corrected chi connectivity index (χ3v) is 4.09. The first-order valence-electron chi connectivity index (χ1n) is 7.32. The molecule has 0 aliphatic rings. The van der Waals surface area contributed by atoms with Gasteiger partial charge in [0.25, 0.3) is 5.91 Å². The molecule has 1 heterocycles. The molecule has 3 aromatic rings. The molecule has 24 heavy (non-hydrogen) atoms. The first kappa shape index (κ1) is 16.6. The second-order valence-corrected chi connectivity index (χ2v) is 6.20. The second-order valence-electron chi connectivity index (χ2n) is 5.33. The van der Waals surface area contributed by atoms with E-state index in [0.717, 1.165) is 11.1 Å². The van der Waals surface area contributed by atoms with E-state index in [-0.39, 0.29) is 17.6 Å². The molecule has 1 amide bonds. The Morgan fingerprint density at radius 2 is 1.62 bits per heavy atom. The van der Waals surface area contributed by atoms with E-state index in [1.54, 1.807) is 42.5 Å². The van der Waals surface area contributed by atoms with E-state index >= 15 is 0 Å². The Balaban J connectivity index is 1.71. The van der Waals surface area contributed by atoms with E-state index in [1.165, 1.54) is 0 Å². The Morgan fingerprint density at radius 1 is 1.04 bits per heavy atom. The average molecular weight is 361 g/mol. The monoisotopic (exact) mass is 360 g/mol. The summed E-state index contributed by atoms with van der Waals surface area (Å²) in [4.78, 5) is 12.3. The first-order valence-corrected chi connectivity index (χ1v) is 8.07. The fourth-order valence-electron chi connectivity index (χ4n) is 2.24. The molecule has 1 atom stereocenters. The summed E-state index contributed by atoms with van der Waals surface area (Å²) in [6.45, 7) is 1.89. The lowest BCUT2D eigenvalue weighted by Crippen LogP contribution is -2.26. The number of halogens is 2. The van der Waals surface area contributed by atoms with Crippen LogP contribution < -0.4 is 5.32 Å². The molecule has 0 saturated heterocycles. The number of benzene rings is 2. The molecule has 0 saturated carbocycles. The molecule has 0 fully saturated rings. The predicted octanol–water partition coefficient (Wildman–Crippen LogP) is 5.14. The zero-order valence-corrected chi connectivity index (χ0v) is 14.3. The number of rotatable bonds is 4. The molecule has 4 nitrogen and oxygen atoms in total. The van der Waals surface area contributed by atoms with Crippen LogP contribution in [-0.2, 0) is 0 Å². The topological polar surface area (TPSA) is 55.1 Å². The van der Waals surface area contributed by atoms with Gasteiger partial charge in [0.2, 0.25) is 0 Å². The van der Waals surface area contributed by atoms with Gasteiger partial charge in [-0.05, 0) is 48.9 Å². The summed E-state index contributed by atoms with van der Waals surface area (Å²) in [5, 5.41) is 8.00. The van der Waals surface area contributed by atoms with Gasteiger partial charge in [-0.3, -0.25) is 4.79 Å². The number of hydrogen-bond donors (Lipinski definition) is 1. The lowest BCUT2D eigenvalue weighted by atomic mass is 10.1. The SMILES string of the molecule is C[C@H](NC(=O)c1cc(-c2ccc(Cl)cc2)on1)c1ccc(Cl)cc1. The Bertz CT molecular complexity index is 842. The summed E-state index contributed by atoms with van der Waals surface area (Å²) in [6.07, 6.45) is 0. The highest BCUT2D eigenvalue weighted by atomic mass is 35.5. The van der Waals surface area contributed by atoms with Crippen molar-refractivity contribution in [3.63, 3.8) is 0 Å². The Labute approximate surface area is 149 Å². The maximum atomic E-state index is 12.3. The van der Waals surface area contributed by atoms with Gasteiger partial charge in [0, 0.05) is 21.7 Å². The van der Waals surface area contributed by atoms with Crippen LogP contribution in [0.3, 0.4) is 0 Å². The van der Waals surface area contributed by atoms with Crippen LogP contribution in [0.15, 0.2) is 59.1 Å². The minimum absolute atomic E-state index is 0.176. The van der Waals surface area contributed by atoms with E-state index in [9.17, 15) is 4.79 Å². The Kier molecular flexibility index (Phi) is 4.88. The summed E-state index contributed by atoms with van der Waals surface area (Å²) in [5.74, 6) is 0.206. The fourth-order valence-corrected chi connectivity index (χ4v) is 2.49. The molecule has 0 unspecified atom stereocenters. The number of hydrogen-bond acceptors (Lipinski definition) is 3. The van der Waals surface area contributed by atoms with Gasteiger partial charge >= 0.3 is 0 Å². The van der Waals surface area contributed by atoms with Gasteiger partial charge in [0.1, 0.15) is 0 Å². The first-order chi connectivity index (χ1) is 11.5. The van der Waals surface area contributed by atoms with Crippen molar-refractivity contribution in [1.29, 1.82) is 0 Å². The van der Waals surface area contributed by atoms with Gasteiger partial charge in [-0.25, -0.2) is 0 Å². The molecule has 0 aliphatic carbocycles. The quantitative estimate of drug-likeness (QED) is 0.700. The molecule has 3 rings (SSSR count). The van der Waals surface area contributed by atoms with E-state index in [1.807, 2.05) is 19.1 Å². The zero-order valence-electron chi connectivity index (χ0n) is 12.8. The van der Waals surface area contributed by atoms with Crippen LogP contribution in [0.5, 0.6) is 0 Å². The molecule has 0 aliphatic heterocycles. The third kappa shape index (κ3) is 3.78. The molecular formula is C18H14Cl2N2O2. The molecule has 1 aromatic heterocycles. The molecule has 6 heteroatoms. The molecule has 0 spiro atoms. The van der Waals surface area contributed by atoms with E-state index < -0.39 is 0 Å². The van der Waals surface area contributed by atoms with Crippen LogP contribution in [0.1, 0.15) is 29.0 Å². The van der Waals surface area contributed by atoms with Crippen LogP contribution in [-0.4, -0.2) is 11.1 Å². The van der Waals surface area contributed by atoms with Gasteiger partial charge in [0.15, 0.2) is 11.5 Å². The summed E-state index contributed by atoms with van der Waals surface area (Å²) in [6, 6.07) is 15.9. The highest BCUT2D eigenvalue weighted by Crippen LogP contribution is 2.23. The van der Waals surface area contributed by atoms with E-state index in [0.29, 0.717) is 15.8 Å². The maximum Gasteiger partial charge on any atom is 0.273 e. The number of carbonyl (C=O) groups is 1. The Morgan fingerprint density at radius 3 is 2.25 bits per heavy atom. The van der Waals surface area contributed by atoms with Gasteiger partial charge in [-0.2, -0.15) is 0 Å². The van der Waals surface area contributed by atoms with Crippen LogP contribution in [0.4, 0.5) is 0 Å². The number of aromatic nitrogens is 1. The van der Waals surface area contributed by atoms with Crippen LogP contribution in [0.2, 0.25) is 10.0 Å². The van der Waals surface area contributed by atoms with Gasteiger partial charge in [0.05, 0.1) is 6.04 Å². The van der Waals surface area contributed by atoms with Crippen LogP contribution in [0.25, 0.3) is 11.3 Å². The standard InChI is InChI=1S/C18H14Cl2N2O2/c1-11(12-2-6-14(19)7-3-12)21-18(23)16-10-17(24-22-16)13-4-8-15(20)9-5-13/h2-11H,1H3,(H,21,23)/t11-/m0/s1. The van der Waals surface area contributed by atoms with Gasteiger partial charge in [-0.1, -0.05) is 40.5 Å². The normalized spacial score (nSPS) is 12.0. The van der Waals surface area contributed by atoms with Crippen molar-refractivity contribution in [2.45, 2.75) is 13.0 Å². The highest BCUT2D eigenvalue weighted by molar-refractivity contribution is 6.30. The molecule has 122 valence electrons. The van der Waals surface area contributed by atoms with Crippen molar-refractivity contribution >= 4 is 29.1 Å². The predicted molar refractivity (Wildman–Crippen MR) is 94.3 cm³/mol. The van der Waals surface area contributed by atoms with E-state index in [2.05, 4.69) is 10.5 Å². The summed E-state index contributed by atoms with van der Waals surface area (Å²) < 4.78 is 5.24. The van der Waals surface area contributed by atoms with Crippen molar-refractivity contribution in [3.8, 4) is 11.3 Å². The second kappa shape index (κ2) is 7.07. The lowest BCUT2D eigenvalue weighted by Gasteiger charge is -2.13. The van der Waals surface area contributed by atoms with Crippen LogP contribution in [0, 0.1) is 0 Å². The van der Waals surface area contributed by atoms with Crippen molar-refractivity contribution in [2.75, 3.05) is 0 Å². The highest BCUT2D eigenvalue weighted by Gasteiger charge is 2.16. The number of nitrogens with zero attached hydrogens (tertiary/aromatic N) is 1. The van der Waals surface area contributed by atoms with E-state index in [4.69, 9.17) is 27.7 Å². The molecule has 2 aromatic carbocycles. The lowest BCUT2D eigenvalue weighted by molar-refractivity contribution is 0.0931. The van der Waals surface area contributed by atoms with Crippen molar-refractivity contribution < 1.29 is 9.32 Å². The summed E-state index contributed by atoms with van der Waals surface area (Å²) in [7, 11) is 0. The molecule has 1 N–H and O–H groups in total. The molecular weight excluding hydrogens is 347 g/mol. The number of amides is 1. The summed E-state index contributed by atoms with van der Waals surface area (Å²) >= 11 is 11.7.